The third-order valence-electron chi connectivity index (χ3n) is 5.52. The number of pyridine rings is 1. The van der Waals surface area contributed by atoms with Crippen LogP contribution in [0.3, 0.4) is 0 Å². The van der Waals surface area contributed by atoms with E-state index in [0.717, 1.165) is 25.7 Å². The third-order valence-corrected chi connectivity index (χ3v) is 5.52. The number of Topliss-reactive ketones (excluding diaryl/α,β-unsaturated/α-hetero) is 1. The van der Waals surface area contributed by atoms with Crippen molar-refractivity contribution in [3.63, 3.8) is 0 Å². The fourth-order valence-electron chi connectivity index (χ4n) is 4.09. The number of hydrogen-bond donors (Lipinski definition) is 1. The van der Waals surface area contributed by atoms with Crippen LogP contribution < -0.4 is 11.0 Å². The first-order valence-electron chi connectivity index (χ1n) is 10.0. The molecule has 0 saturated heterocycles. The summed E-state index contributed by atoms with van der Waals surface area (Å²) in [5.74, 6) is -0.390. The Kier molecular flexibility index (Phi) is 5.29. The topological polar surface area (TPSA) is 86.0 Å². The SMILES string of the molecule is CC(=O)c1cccc(NC(=O)Cn2c(=O)n(C3CCCCC3)c3ncccc32)c1. The largest absolute Gasteiger partial charge is 0.331 e. The molecule has 1 aromatic carbocycles. The van der Waals surface area contributed by atoms with Crippen molar-refractivity contribution >= 4 is 28.5 Å². The van der Waals surface area contributed by atoms with Gasteiger partial charge in [0.05, 0.1) is 5.52 Å². The van der Waals surface area contributed by atoms with Gasteiger partial charge in [0.2, 0.25) is 5.91 Å². The van der Waals surface area contributed by atoms with Crippen LogP contribution in [0.25, 0.3) is 11.2 Å². The molecule has 1 aliphatic carbocycles. The van der Waals surface area contributed by atoms with Crippen LogP contribution in [0.15, 0.2) is 47.4 Å². The molecule has 2 heterocycles. The van der Waals surface area contributed by atoms with Crippen molar-refractivity contribution < 1.29 is 9.59 Å². The van der Waals surface area contributed by atoms with Crippen molar-refractivity contribution in [2.24, 2.45) is 0 Å². The molecule has 0 atom stereocenters. The summed E-state index contributed by atoms with van der Waals surface area (Å²) in [6.07, 6.45) is 6.99. The standard InChI is InChI=1S/C22H24N4O3/c1-15(27)16-7-5-8-17(13-16)24-20(28)14-25-19-11-6-12-23-21(19)26(22(25)29)18-9-3-2-4-10-18/h5-8,11-13,18H,2-4,9-10,14H2,1H3,(H,24,28). The Balaban J connectivity index is 1.63. The number of carbonyl (C=O) groups is 2. The number of carbonyl (C=O) groups excluding carboxylic acids is 2. The molecule has 0 spiro atoms. The summed E-state index contributed by atoms with van der Waals surface area (Å²) >= 11 is 0. The minimum absolute atomic E-state index is 0.0704. The number of hydrogen-bond acceptors (Lipinski definition) is 4. The molecule has 7 heteroatoms. The maximum absolute atomic E-state index is 13.2. The van der Waals surface area contributed by atoms with E-state index in [1.54, 1.807) is 41.1 Å². The lowest BCUT2D eigenvalue weighted by molar-refractivity contribution is -0.116. The molecule has 0 bridgehead atoms. The van der Waals surface area contributed by atoms with Crippen LogP contribution in [0, 0.1) is 0 Å². The maximum Gasteiger partial charge on any atom is 0.331 e. The summed E-state index contributed by atoms with van der Waals surface area (Å²) in [6, 6.07) is 10.5. The van der Waals surface area contributed by atoms with Crippen molar-refractivity contribution in [1.82, 2.24) is 14.1 Å². The molecule has 1 amide bonds. The lowest BCUT2D eigenvalue weighted by atomic mass is 9.95. The van der Waals surface area contributed by atoms with Crippen LogP contribution >= 0.6 is 0 Å². The predicted molar refractivity (Wildman–Crippen MR) is 111 cm³/mol. The second-order valence-electron chi connectivity index (χ2n) is 7.56. The highest BCUT2D eigenvalue weighted by atomic mass is 16.2. The Hall–Kier alpha value is -3.22. The van der Waals surface area contributed by atoms with Gasteiger partial charge in [0.25, 0.3) is 0 Å². The second kappa shape index (κ2) is 8.03. The average molecular weight is 392 g/mol. The maximum atomic E-state index is 13.2. The van der Waals surface area contributed by atoms with E-state index in [4.69, 9.17) is 0 Å². The number of fused-ring (bicyclic) bond motifs is 1. The summed E-state index contributed by atoms with van der Waals surface area (Å²) in [5.41, 5.74) is 2.16. The average Bonchev–Trinajstić information content (AvgIpc) is 3.00. The predicted octanol–water partition coefficient (Wildman–Crippen LogP) is 3.54. The van der Waals surface area contributed by atoms with Gasteiger partial charge in [-0.3, -0.25) is 18.7 Å². The highest BCUT2D eigenvalue weighted by Gasteiger charge is 2.23. The van der Waals surface area contributed by atoms with E-state index in [1.807, 2.05) is 6.07 Å². The summed E-state index contributed by atoms with van der Waals surface area (Å²) in [4.78, 5) is 41.8. The van der Waals surface area contributed by atoms with Crippen molar-refractivity contribution in [3.8, 4) is 0 Å². The van der Waals surface area contributed by atoms with Crippen LogP contribution in [0.2, 0.25) is 0 Å². The van der Waals surface area contributed by atoms with E-state index in [0.29, 0.717) is 22.4 Å². The van der Waals surface area contributed by atoms with Gasteiger partial charge in [-0.25, -0.2) is 9.78 Å². The van der Waals surface area contributed by atoms with Crippen LogP contribution in [-0.2, 0) is 11.3 Å². The minimum Gasteiger partial charge on any atom is -0.325 e. The zero-order valence-corrected chi connectivity index (χ0v) is 16.4. The lowest BCUT2D eigenvalue weighted by Crippen LogP contribution is -2.31. The van der Waals surface area contributed by atoms with E-state index in [2.05, 4.69) is 10.3 Å². The van der Waals surface area contributed by atoms with Gasteiger partial charge in [-0.2, -0.15) is 0 Å². The molecule has 0 radical (unpaired) electrons. The van der Waals surface area contributed by atoms with E-state index in [-0.39, 0.29) is 30.0 Å². The normalized spacial score (nSPS) is 14.8. The van der Waals surface area contributed by atoms with Crippen LogP contribution in [-0.4, -0.2) is 25.8 Å². The van der Waals surface area contributed by atoms with Crippen LogP contribution in [0.4, 0.5) is 5.69 Å². The number of amides is 1. The van der Waals surface area contributed by atoms with Crippen molar-refractivity contribution in [2.75, 3.05) is 5.32 Å². The lowest BCUT2D eigenvalue weighted by Gasteiger charge is -2.22. The molecule has 4 rings (SSSR count). The molecule has 1 saturated carbocycles. The first-order chi connectivity index (χ1) is 14.0. The molecule has 0 unspecified atom stereocenters. The molecule has 2 aromatic heterocycles. The summed E-state index contributed by atoms with van der Waals surface area (Å²) in [7, 11) is 0. The van der Waals surface area contributed by atoms with Gasteiger partial charge in [0, 0.05) is 23.5 Å². The molecule has 1 aliphatic rings. The highest BCUT2D eigenvalue weighted by molar-refractivity contribution is 5.97. The first kappa shape index (κ1) is 19.1. The molecule has 1 fully saturated rings. The monoisotopic (exact) mass is 392 g/mol. The van der Waals surface area contributed by atoms with Gasteiger partial charge in [0.1, 0.15) is 6.54 Å². The van der Waals surface area contributed by atoms with Crippen molar-refractivity contribution in [1.29, 1.82) is 0 Å². The number of ketones is 1. The Bertz CT molecular complexity index is 1120. The van der Waals surface area contributed by atoms with Gasteiger partial charge in [-0.15, -0.1) is 0 Å². The van der Waals surface area contributed by atoms with E-state index >= 15 is 0 Å². The first-order valence-corrected chi connectivity index (χ1v) is 10.0. The Labute approximate surface area is 168 Å². The van der Waals surface area contributed by atoms with Crippen LogP contribution in [0.5, 0.6) is 0 Å². The molecular weight excluding hydrogens is 368 g/mol. The highest BCUT2D eigenvalue weighted by Crippen LogP contribution is 2.29. The van der Waals surface area contributed by atoms with Gasteiger partial charge in [-0.1, -0.05) is 31.4 Å². The smallest absolute Gasteiger partial charge is 0.325 e. The Morgan fingerprint density at radius 1 is 1.14 bits per heavy atom. The molecule has 150 valence electrons. The number of benzene rings is 1. The summed E-state index contributed by atoms with van der Waals surface area (Å²) in [6.45, 7) is 1.37. The van der Waals surface area contributed by atoms with Crippen molar-refractivity contribution in [2.45, 2.75) is 51.6 Å². The molecule has 0 aliphatic heterocycles. The Morgan fingerprint density at radius 3 is 2.69 bits per heavy atom. The van der Waals surface area contributed by atoms with E-state index < -0.39 is 0 Å². The van der Waals surface area contributed by atoms with Gasteiger partial charge < -0.3 is 5.32 Å². The zero-order valence-electron chi connectivity index (χ0n) is 16.4. The molecule has 3 aromatic rings. The number of anilines is 1. The second-order valence-corrected chi connectivity index (χ2v) is 7.56. The fourth-order valence-corrected chi connectivity index (χ4v) is 4.09. The molecule has 1 N–H and O–H groups in total. The van der Waals surface area contributed by atoms with E-state index in [1.165, 1.54) is 17.9 Å². The number of nitrogens with one attached hydrogen (secondary N) is 1. The van der Waals surface area contributed by atoms with Gasteiger partial charge in [-0.05, 0) is 44.0 Å². The number of aromatic nitrogens is 3. The Morgan fingerprint density at radius 2 is 1.93 bits per heavy atom. The van der Waals surface area contributed by atoms with Crippen molar-refractivity contribution in [3.05, 3.63) is 58.6 Å². The zero-order chi connectivity index (χ0) is 20.4. The molecule has 29 heavy (non-hydrogen) atoms. The summed E-state index contributed by atoms with van der Waals surface area (Å²) < 4.78 is 3.25. The number of rotatable bonds is 5. The fraction of sp³-hybridized carbons (Fsp3) is 0.364. The number of nitrogens with zero attached hydrogens (tertiary/aromatic N) is 3. The molecule has 7 nitrogen and oxygen atoms in total. The summed E-state index contributed by atoms with van der Waals surface area (Å²) in [5, 5.41) is 2.79. The molecular formula is C22H24N4O3. The van der Waals surface area contributed by atoms with E-state index in [9.17, 15) is 14.4 Å². The van der Waals surface area contributed by atoms with Crippen LogP contribution in [0.1, 0.15) is 55.4 Å². The van der Waals surface area contributed by atoms with Gasteiger partial charge >= 0.3 is 5.69 Å². The number of imidazole rings is 1. The van der Waals surface area contributed by atoms with Gasteiger partial charge in [0.15, 0.2) is 11.4 Å². The quantitative estimate of drug-likeness (QED) is 0.673. The minimum atomic E-state index is -0.320. The third kappa shape index (κ3) is 3.85.